The first kappa shape index (κ1) is 20.5. The second-order valence-corrected chi connectivity index (χ2v) is 9.07. The number of hydrogen-bond donors (Lipinski definition) is 1. The molecule has 0 aliphatic carbocycles. The molecule has 1 heterocycles. The largest absolute Gasteiger partial charge is 0.271 e. The Balaban J connectivity index is 1.74. The predicted octanol–water partition coefficient (Wildman–Crippen LogP) is 3.01. The van der Waals surface area contributed by atoms with E-state index in [0.717, 1.165) is 11.1 Å². The highest BCUT2D eigenvalue weighted by molar-refractivity contribution is 7.89. The van der Waals surface area contributed by atoms with Crippen LogP contribution in [0.25, 0.3) is 0 Å². The normalized spacial score (nSPS) is 17.6. The van der Waals surface area contributed by atoms with Gasteiger partial charge in [0.25, 0.3) is 5.91 Å². The minimum atomic E-state index is -3.77. The smallest absolute Gasteiger partial charge is 0.261 e. The average Bonchev–Trinajstić information content (AvgIpc) is 3.12. The second-order valence-electron chi connectivity index (χ2n) is 7.24. The summed E-state index contributed by atoms with van der Waals surface area (Å²) in [6.07, 6.45) is 1.11. The van der Waals surface area contributed by atoms with Crippen LogP contribution in [0.2, 0.25) is 0 Å². The van der Waals surface area contributed by atoms with E-state index in [2.05, 4.69) is 5.48 Å². The van der Waals surface area contributed by atoms with Gasteiger partial charge in [-0.25, -0.2) is 13.9 Å². The number of sulfonamides is 1. The molecule has 0 spiro atoms. The first-order valence-corrected chi connectivity index (χ1v) is 10.8. The monoisotopic (exact) mass is 402 g/mol. The Morgan fingerprint density at radius 3 is 2.43 bits per heavy atom. The summed E-state index contributed by atoms with van der Waals surface area (Å²) in [4.78, 5) is 18.2. The van der Waals surface area contributed by atoms with Crippen LogP contribution >= 0.6 is 0 Å². The van der Waals surface area contributed by atoms with Crippen molar-refractivity contribution in [3.8, 4) is 0 Å². The Bertz CT molecular complexity index is 935. The average molecular weight is 403 g/mol. The van der Waals surface area contributed by atoms with Crippen molar-refractivity contribution in [3.63, 3.8) is 0 Å². The number of carbonyl (C=O) groups excluding carboxylic acids is 1. The number of rotatable bonds is 6. The molecule has 1 N–H and O–H groups in total. The molecule has 0 aromatic heterocycles. The van der Waals surface area contributed by atoms with Crippen LogP contribution in [0.5, 0.6) is 0 Å². The van der Waals surface area contributed by atoms with Crippen LogP contribution in [0, 0.1) is 20.8 Å². The number of amides is 1. The molecule has 2 aromatic rings. The molecule has 3 rings (SSSR count). The molecule has 1 fully saturated rings. The molecule has 1 aliphatic heterocycles. The zero-order valence-corrected chi connectivity index (χ0v) is 17.3. The van der Waals surface area contributed by atoms with Crippen molar-refractivity contribution in [2.45, 2.75) is 51.2 Å². The van der Waals surface area contributed by atoms with Gasteiger partial charge in [0.05, 0.1) is 11.5 Å². The van der Waals surface area contributed by atoms with E-state index in [1.807, 2.05) is 49.4 Å². The molecule has 0 saturated carbocycles. The van der Waals surface area contributed by atoms with E-state index in [9.17, 15) is 13.2 Å². The predicted molar refractivity (Wildman–Crippen MR) is 107 cm³/mol. The van der Waals surface area contributed by atoms with Gasteiger partial charge in [0, 0.05) is 6.54 Å². The SMILES string of the molecule is Cc1cc(C)c(S(=O)(=O)N2CCCC2C(=O)NOCc2ccccc2)c(C)c1. The number of aryl methyl sites for hydroxylation is 3. The molecule has 1 saturated heterocycles. The number of benzene rings is 2. The molecule has 7 heteroatoms. The zero-order valence-electron chi connectivity index (χ0n) is 16.4. The van der Waals surface area contributed by atoms with E-state index >= 15 is 0 Å². The summed E-state index contributed by atoms with van der Waals surface area (Å²) in [5.74, 6) is -0.431. The van der Waals surface area contributed by atoms with Gasteiger partial charge in [-0.05, 0) is 50.3 Å². The standard InChI is InChI=1S/C21H26N2O4S/c1-15-12-16(2)20(17(3)13-15)28(25,26)23-11-7-10-19(23)21(24)22-27-14-18-8-5-4-6-9-18/h4-6,8-9,12-13,19H,7,10-11,14H2,1-3H3,(H,22,24). The van der Waals surface area contributed by atoms with E-state index in [-0.39, 0.29) is 6.61 Å². The van der Waals surface area contributed by atoms with E-state index in [1.54, 1.807) is 13.8 Å². The summed E-state index contributed by atoms with van der Waals surface area (Å²) in [6, 6.07) is 12.4. The van der Waals surface area contributed by atoms with Crippen molar-refractivity contribution in [1.29, 1.82) is 0 Å². The second kappa shape index (κ2) is 8.43. The lowest BCUT2D eigenvalue weighted by atomic mass is 10.1. The molecular weight excluding hydrogens is 376 g/mol. The fourth-order valence-electron chi connectivity index (χ4n) is 3.81. The molecule has 0 bridgehead atoms. The van der Waals surface area contributed by atoms with Gasteiger partial charge in [-0.2, -0.15) is 4.31 Å². The van der Waals surface area contributed by atoms with Crippen LogP contribution in [-0.2, 0) is 26.3 Å². The lowest BCUT2D eigenvalue weighted by molar-refractivity contribution is -0.137. The van der Waals surface area contributed by atoms with Crippen LogP contribution < -0.4 is 5.48 Å². The van der Waals surface area contributed by atoms with E-state index in [0.29, 0.717) is 35.4 Å². The van der Waals surface area contributed by atoms with E-state index in [4.69, 9.17) is 4.84 Å². The van der Waals surface area contributed by atoms with Crippen molar-refractivity contribution in [1.82, 2.24) is 9.79 Å². The van der Waals surface area contributed by atoms with Crippen molar-refractivity contribution in [3.05, 3.63) is 64.7 Å². The van der Waals surface area contributed by atoms with E-state index < -0.39 is 22.0 Å². The zero-order chi connectivity index (χ0) is 20.3. The van der Waals surface area contributed by atoms with Crippen molar-refractivity contribution >= 4 is 15.9 Å². The number of carbonyl (C=O) groups is 1. The quantitative estimate of drug-likeness (QED) is 0.754. The third-order valence-electron chi connectivity index (χ3n) is 4.93. The number of nitrogens with one attached hydrogen (secondary N) is 1. The maximum atomic E-state index is 13.3. The third-order valence-corrected chi connectivity index (χ3v) is 7.15. The number of hydrogen-bond acceptors (Lipinski definition) is 4. The lowest BCUT2D eigenvalue weighted by Crippen LogP contribution is -2.46. The van der Waals surface area contributed by atoms with Crippen LogP contribution in [0.4, 0.5) is 0 Å². The molecular formula is C21H26N2O4S. The molecule has 1 atom stereocenters. The molecule has 1 aliphatic rings. The molecule has 150 valence electrons. The highest BCUT2D eigenvalue weighted by Crippen LogP contribution is 2.30. The van der Waals surface area contributed by atoms with Crippen molar-refractivity contribution in [2.24, 2.45) is 0 Å². The molecule has 1 amide bonds. The maximum Gasteiger partial charge on any atom is 0.261 e. The summed E-state index contributed by atoms with van der Waals surface area (Å²) in [6.45, 7) is 6.07. The van der Waals surface area contributed by atoms with Gasteiger partial charge >= 0.3 is 0 Å². The Kier molecular flexibility index (Phi) is 6.17. The van der Waals surface area contributed by atoms with Gasteiger partial charge < -0.3 is 0 Å². The van der Waals surface area contributed by atoms with Gasteiger partial charge in [-0.15, -0.1) is 0 Å². The number of hydroxylamine groups is 1. The molecule has 28 heavy (non-hydrogen) atoms. The minimum absolute atomic E-state index is 0.224. The molecule has 1 unspecified atom stereocenters. The first-order chi connectivity index (χ1) is 13.3. The fraction of sp³-hybridized carbons (Fsp3) is 0.381. The maximum absolute atomic E-state index is 13.3. The molecule has 0 radical (unpaired) electrons. The Morgan fingerprint density at radius 1 is 1.14 bits per heavy atom. The summed E-state index contributed by atoms with van der Waals surface area (Å²) in [5.41, 5.74) is 5.75. The van der Waals surface area contributed by atoms with Crippen LogP contribution in [0.3, 0.4) is 0 Å². The van der Waals surface area contributed by atoms with Gasteiger partial charge in [0.15, 0.2) is 0 Å². The molecule has 6 nitrogen and oxygen atoms in total. The topological polar surface area (TPSA) is 75.7 Å². The summed E-state index contributed by atoms with van der Waals surface area (Å²) in [5, 5.41) is 0. The summed E-state index contributed by atoms with van der Waals surface area (Å²) >= 11 is 0. The van der Waals surface area contributed by atoms with Gasteiger partial charge in [-0.1, -0.05) is 48.0 Å². The highest BCUT2D eigenvalue weighted by Gasteiger charge is 2.40. The Hall–Kier alpha value is -2.22. The Morgan fingerprint density at radius 2 is 1.79 bits per heavy atom. The summed E-state index contributed by atoms with van der Waals surface area (Å²) < 4.78 is 27.9. The summed E-state index contributed by atoms with van der Waals surface area (Å²) in [7, 11) is -3.77. The van der Waals surface area contributed by atoms with Crippen LogP contribution in [-0.4, -0.2) is 31.2 Å². The highest BCUT2D eigenvalue weighted by atomic mass is 32.2. The first-order valence-electron chi connectivity index (χ1n) is 9.36. The lowest BCUT2D eigenvalue weighted by Gasteiger charge is -2.25. The van der Waals surface area contributed by atoms with Gasteiger partial charge in [0.2, 0.25) is 10.0 Å². The Labute approximate surface area is 166 Å². The third kappa shape index (κ3) is 4.27. The fourth-order valence-corrected chi connectivity index (χ4v) is 5.89. The number of nitrogens with zero attached hydrogens (tertiary/aromatic N) is 1. The van der Waals surface area contributed by atoms with Crippen molar-refractivity contribution < 1.29 is 18.0 Å². The van der Waals surface area contributed by atoms with Crippen LogP contribution in [0.1, 0.15) is 35.1 Å². The minimum Gasteiger partial charge on any atom is -0.271 e. The van der Waals surface area contributed by atoms with Gasteiger partial charge in [-0.3, -0.25) is 9.63 Å². The van der Waals surface area contributed by atoms with E-state index in [1.165, 1.54) is 4.31 Å². The molecule has 2 aromatic carbocycles. The van der Waals surface area contributed by atoms with Gasteiger partial charge in [0.1, 0.15) is 6.04 Å². The van der Waals surface area contributed by atoms with Crippen LogP contribution in [0.15, 0.2) is 47.4 Å². The van der Waals surface area contributed by atoms with Crippen molar-refractivity contribution in [2.75, 3.05) is 6.54 Å².